The van der Waals surface area contributed by atoms with Crippen LogP contribution in [-0.2, 0) is 14.3 Å². The first-order valence-electron chi connectivity index (χ1n) is 30.4. The number of aromatic nitrogens is 4. The van der Waals surface area contributed by atoms with E-state index in [0.717, 1.165) is 156 Å². The lowest BCUT2D eigenvalue weighted by atomic mass is 9.83. The number of piperazine rings is 1. The summed E-state index contributed by atoms with van der Waals surface area (Å²) in [6, 6.07) is 19.3. The van der Waals surface area contributed by atoms with Crippen LogP contribution in [-0.4, -0.2) is 187 Å². The summed E-state index contributed by atoms with van der Waals surface area (Å²) in [5.74, 6) is 1.12. The van der Waals surface area contributed by atoms with Gasteiger partial charge in [0.1, 0.15) is 17.7 Å². The van der Waals surface area contributed by atoms with Crippen molar-refractivity contribution in [3.8, 4) is 27.4 Å². The Labute approximate surface area is 486 Å². The molecule has 82 heavy (non-hydrogen) atoms. The number of aryl methyl sites for hydroxylation is 1. The molecule has 0 radical (unpaired) electrons. The Morgan fingerprint density at radius 1 is 0.854 bits per heavy atom. The lowest BCUT2D eigenvalue weighted by Crippen LogP contribution is -2.61. The summed E-state index contributed by atoms with van der Waals surface area (Å²) in [5.41, 5.74) is 12.7. The molecule has 20 heteroatoms. The van der Waals surface area contributed by atoms with Gasteiger partial charge in [-0.2, -0.15) is 0 Å². The van der Waals surface area contributed by atoms with Crippen LogP contribution in [0.4, 0.5) is 17.3 Å². The van der Waals surface area contributed by atoms with E-state index in [4.69, 9.17) is 15.0 Å². The van der Waals surface area contributed by atoms with Crippen LogP contribution in [0.25, 0.3) is 21.7 Å². The number of carbonyl (C=O) groups excluding carboxylic acids is 2. The Morgan fingerprint density at radius 3 is 2.26 bits per heavy atom. The van der Waals surface area contributed by atoms with Crippen LogP contribution in [0.2, 0.25) is 0 Å². The highest BCUT2D eigenvalue weighted by Gasteiger charge is 2.48. The largest absolute Gasteiger partial charge is 0.507 e. The number of aliphatic hydroxyl groups excluding tert-OH is 1. The molecule has 2 amide bonds. The van der Waals surface area contributed by atoms with E-state index < -0.39 is 23.7 Å². The van der Waals surface area contributed by atoms with Gasteiger partial charge in [0, 0.05) is 108 Å². The highest BCUT2D eigenvalue weighted by molar-refractivity contribution is 7.13. The lowest BCUT2D eigenvalue weighted by Gasteiger charge is -2.50. The van der Waals surface area contributed by atoms with E-state index in [2.05, 4.69) is 50.2 Å². The van der Waals surface area contributed by atoms with Gasteiger partial charge < -0.3 is 55.2 Å². The number of nitrogen functional groups attached to an aromatic ring is 1. The first kappa shape index (κ1) is 56.7. The highest BCUT2D eigenvalue weighted by atomic mass is 32.1. The van der Waals surface area contributed by atoms with Crippen LogP contribution >= 0.6 is 11.3 Å². The predicted octanol–water partition coefficient (Wildman–Crippen LogP) is 6.84. The minimum atomic E-state index is -0.800. The van der Waals surface area contributed by atoms with E-state index in [9.17, 15) is 24.9 Å². The van der Waals surface area contributed by atoms with E-state index >= 15 is 0 Å². The van der Waals surface area contributed by atoms with Crippen molar-refractivity contribution < 1.29 is 34.2 Å². The summed E-state index contributed by atoms with van der Waals surface area (Å²) in [6.07, 6.45) is 10.2. The third-order valence-corrected chi connectivity index (χ3v) is 20.5. The third-order valence-electron chi connectivity index (χ3n) is 19.5. The van der Waals surface area contributed by atoms with Gasteiger partial charge in [0.2, 0.25) is 11.8 Å². The van der Waals surface area contributed by atoms with Gasteiger partial charge in [-0.15, -0.1) is 21.5 Å². The number of aromatic hydroxyl groups is 1. The zero-order valence-electron chi connectivity index (χ0n) is 48.2. The first-order valence-corrected chi connectivity index (χ1v) is 31.3. The molecule has 5 aromatic rings. The fourth-order valence-electron chi connectivity index (χ4n) is 14.6. The average molecular weight is 1140 g/mol. The second-order valence-corrected chi connectivity index (χ2v) is 26.2. The quantitative estimate of drug-likeness (QED) is 0.0643. The molecule has 19 nitrogen and oxygen atoms in total. The number of nitrogens with one attached hydrogen (secondary N) is 1. The molecule has 2 unspecified atom stereocenters. The van der Waals surface area contributed by atoms with Crippen molar-refractivity contribution in [3.63, 3.8) is 0 Å². The number of fused-ring (bicyclic) bond motifs is 2. The Kier molecular flexibility index (Phi) is 16.7. The molecule has 6 aliphatic heterocycles. The van der Waals surface area contributed by atoms with Gasteiger partial charge in [-0.1, -0.05) is 55.4 Å². The summed E-state index contributed by atoms with van der Waals surface area (Å²) < 4.78 is 12.7. The fourth-order valence-corrected chi connectivity index (χ4v) is 15.4. The number of β-amino-alcohol motifs (C(OH)–C–C–N with tert-alkyl or cyclic N) is 1. The van der Waals surface area contributed by atoms with E-state index in [1.54, 1.807) is 28.4 Å². The molecule has 3 aromatic heterocycles. The van der Waals surface area contributed by atoms with Gasteiger partial charge >= 0.3 is 0 Å². The maximum Gasteiger partial charge on any atom is 0.243 e. The number of nitrogens with zero attached hydrogens (tertiary/aromatic N) is 10. The molecule has 7 aliphatic rings. The molecule has 440 valence electrons. The fraction of sp³-hybridized carbons (Fsp3) is 0.613. The molecule has 1 aliphatic carbocycles. The van der Waals surface area contributed by atoms with Gasteiger partial charge in [0.25, 0.3) is 0 Å². The number of aliphatic hydroxyl groups is 2. The number of piperidine rings is 3. The normalized spacial score (nSPS) is 26.5. The second-order valence-electron chi connectivity index (χ2n) is 25.4. The second kappa shape index (κ2) is 24.1. The lowest BCUT2D eigenvalue weighted by molar-refractivity contribution is -0.141. The van der Waals surface area contributed by atoms with E-state index in [-0.39, 0.29) is 42.5 Å². The van der Waals surface area contributed by atoms with Gasteiger partial charge in [-0.3, -0.25) is 19.4 Å². The van der Waals surface area contributed by atoms with Crippen LogP contribution in [0.5, 0.6) is 5.75 Å². The van der Waals surface area contributed by atoms with Crippen LogP contribution < -0.4 is 20.9 Å². The molecule has 6 atom stereocenters. The molecule has 6 saturated heterocycles. The van der Waals surface area contributed by atoms with Crippen LogP contribution in [0, 0.1) is 18.8 Å². The summed E-state index contributed by atoms with van der Waals surface area (Å²) >= 11 is 1.60. The monoisotopic (exact) mass is 1140 g/mol. The number of likely N-dealkylation sites (tertiary alicyclic amines) is 3. The van der Waals surface area contributed by atoms with Crippen molar-refractivity contribution in [1.82, 2.24) is 45.3 Å². The van der Waals surface area contributed by atoms with Gasteiger partial charge in [0.05, 0.1) is 57.4 Å². The summed E-state index contributed by atoms with van der Waals surface area (Å²) in [6.45, 7) is 17.2. The number of anilines is 3. The Morgan fingerprint density at radius 2 is 1.57 bits per heavy atom. The molecule has 12 rings (SSSR count). The van der Waals surface area contributed by atoms with Crippen molar-refractivity contribution in [2.75, 3.05) is 87.5 Å². The molecular formula is C62H84N12O7S. The van der Waals surface area contributed by atoms with Crippen molar-refractivity contribution >= 4 is 40.5 Å². The smallest absolute Gasteiger partial charge is 0.243 e. The molecule has 1 saturated carbocycles. The topological polar surface area (TPSA) is 226 Å². The molecular weight excluding hydrogens is 1060 g/mol. The number of hydrogen-bond donors (Lipinski definition) is 5. The number of hydrogen-bond acceptors (Lipinski definition) is 18. The first-order chi connectivity index (χ1) is 39.6. The number of phenolic OH excluding ortho intramolecular Hbond substituents is 1. The maximum atomic E-state index is 14.4. The number of rotatable bonds is 17. The number of phenols is 1. The van der Waals surface area contributed by atoms with Crippen molar-refractivity contribution in [3.05, 3.63) is 83.2 Å². The Bertz CT molecular complexity index is 2990. The van der Waals surface area contributed by atoms with Gasteiger partial charge in [-0.25, -0.2) is 4.98 Å². The van der Waals surface area contributed by atoms with E-state index in [1.165, 1.54) is 0 Å². The zero-order chi connectivity index (χ0) is 56.8. The Hall–Kier alpha value is -5.74. The van der Waals surface area contributed by atoms with Crippen molar-refractivity contribution in [2.24, 2.45) is 11.8 Å². The minimum Gasteiger partial charge on any atom is -0.507 e. The highest BCUT2D eigenvalue weighted by Crippen LogP contribution is 2.41. The molecule has 2 bridgehead atoms. The minimum absolute atomic E-state index is 0.0880. The van der Waals surface area contributed by atoms with Crippen LogP contribution in [0.3, 0.4) is 0 Å². The summed E-state index contributed by atoms with van der Waals surface area (Å²) in [4.78, 5) is 47.7. The number of nitrogens with two attached hydrogens (primary N) is 1. The van der Waals surface area contributed by atoms with Gasteiger partial charge in [0.15, 0.2) is 17.4 Å². The average Bonchev–Trinajstić information content (AvgIpc) is 3.43. The molecule has 0 spiro atoms. The van der Waals surface area contributed by atoms with Gasteiger partial charge in [-0.05, 0) is 119 Å². The number of para-hydroxylation sites is 1. The molecule has 2 aromatic carbocycles. The van der Waals surface area contributed by atoms with Crippen LogP contribution in [0.15, 0.2) is 70.7 Å². The summed E-state index contributed by atoms with van der Waals surface area (Å²) in [5, 5.41) is 49.5. The number of ether oxygens (including phenoxy) is 1. The summed E-state index contributed by atoms with van der Waals surface area (Å²) in [7, 11) is 0. The zero-order valence-corrected chi connectivity index (χ0v) is 49.0. The van der Waals surface area contributed by atoms with Crippen LogP contribution in [0.1, 0.15) is 120 Å². The third kappa shape index (κ3) is 12.1. The molecule has 6 N–H and O–H groups in total. The maximum absolute atomic E-state index is 14.4. The standard InChI is InChI=1S/C62H84N12O7S/c1-38(2)57(61(78)73-35-47(75)29-53(73)60(77)65-39(3)42-9-11-43(12-10-42)58-40(4)64-37-82-58)55-31-56(68-81-55)71-23-15-41(16-24-71)32-69-21-17-48(18-22-69)80-49-27-46(28-49)70-25-19-62(79,20-26-70)36-74-44-13-14-45(74)34-72(33-44)52-30-51(66-67-59(52)63)50-7-5-6-8-54(50)76/h5-12,30-31,37-39,41,44-49,53,57,75-76,79H,13-29,32-36H2,1-4H3,(H2,63,67)(H,65,77)/t39-,44?,45?,46-,47+,49-,53-,57+/m0/s1. The predicted molar refractivity (Wildman–Crippen MR) is 316 cm³/mol. The number of benzene rings is 2. The van der Waals surface area contributed by atoms with Crippen molar-refractivity contribution in [1.29, 1.82) is 0 Å². The van der Waals surface area contributed by atoms with E-state index in [0.29, 0.717) is 65.6 Å². The Balaban J connectivity index is 0.546. The number of amides is 2. The number of thiazole rings is 1. The molecule has 9 heterocycles. The SMILES string of the molecule is Cc1ncsc1-c1ccc([C@H](C)NC(=O)[C@@H]2C[C@@H](O)CN2C(=O)[C@@H](c2cc(N3CCC(CN4CCC(O[C@H]5C[C@H](N6CCC(O)(CN7C8CCC7CN(c7cc(-c9ccccc9O)nnc7N)C8)CC6)C5)CC4)CC3)no2)C(C)C)cc1. The number of carbonyl (C=O) groups is 2. The van der Waals surface area contributed by atoms with E-state index in [1.807, 2.05) is 81.7 Å². The van der Waals surface area contributed by atoms with Crippen molar-refractivity contribution in [2.45, 2.75) is 158 Å². The molecule has 7 fully saturated rings.